The van der Waals surface area contributed by atoms with Gasteiger partial charge in [-0.15, -0.1) is 11.3 Å². The van der Waals surface area contributed by atoms with Crippen molar-refractivity contribution in [3.05, 3.63) is 111 Å². The lowest BCUT2D eigenvalue weighted by atomic mass is 9.98. The lowest BCUT2D eigenvalue weighted by Gasteiger charge is -2.24. The fourth-order valence-electron chi connectivity index (χ4n) is 4.32. The number of hydrogen-bond acceptors (Lipinski definition) is 4. The molecule has 4 aromatic rings. The number of ketones is 1. The molecule has 0 radical (unpaired) electrons. The molecule has 1 N–H and O–H groups in total. The number of aliphatic hydroxyl groups is 1. The van der Waals surface area contributed by atoms with E-state index in [9.17, 15) is 27.9 Å². The van der Waals surface area contributed by atoms with Gasteiger partial charge in [0, 0.05) is 17.0 Å². The van der Waals surface area contributed by atoms with Crippen LogP contribution in [-0.4, -0.2) is 21.7 Å². The van der Waals surface area contributed by atoms with Gasteiger partial charge in [-0.25, -0.2) is 0 Å². The van der Waals surface area contributed by atoms with Crippen molar-refractivity contribution in [3.8, 4) is 0 Å². The monoisotopic (exact) mass is 493 g/mol. The molecule has 0 spiro atoms. The molecule has 1 aromatic heterocycles. The lowest BCUT2D eigenvalue weighted by Crippen LogP contribution is -2.29. The van der Waals surface area contributed by atoms with Crippen LogP contribution in [-0.2, 0) is 22.3 Å². The number of alkyl halides is 3. The summed E-state index contributed by atoms with van der Waals surface area (Å²) in [5.41, 5.74) is -0.313. The van der Waals surface area contributed by atoms with Crippen LogP contribution in [0, 0.1) is 0 Å². The lowest BCUT2D eigenvalue weighted by molar-refractivity contribution is -0.140. The molecule has 1 atom stereocenters. The predicted molar refractivity (Wildman–Crippen MR) is 128 cm³/mol. The molecular formula is C27H18F3NO3S. The van der Waals surface area contributed by atoms with E-state index in [-0.39, 0.29) is 23.4 Å². The topological polar surface area (TPSA) is 57.6 Å². The molecule has 4 nitrogen and oxygen atoms in total. The van der Waals surface area contributed by atoms with E-state index in [1.807, 2.05) is 30.3 Å². The molecule has 1 amide bonds. The van der Waals surface area contributed by atoms with Crippen molar-refractivity contribution >= 4 is 39.6 Å². The summed E-state index contributed by atoms with van der Waals surface area (Å²) >= 11 is 1.29. The van der Waals surface area contributed by atoms with Gasteiger partial charge in [0.25, 0.3) is 11.7 Å². The van der Waals surface area contributed by atoms with E-state index in [1.54, 1.807) is 29.6 Å². The van der Waals surface area contributed by atoms with Crippen LogP contribution in [0.3, 0.4) is 0 Å². The molecule has 1 aliphatic rings. The van der Waals surface area contributed by atoms with E-state index in [0.29, 0.717) is 10.4 Å². The summed E-state index contributed by atoms with van der Waals surface area (Å²) in [6.07, 6.45) is -4.53. The molecule has 1 unspecified atom stereocenters. The first kappa shape index (κ1) is 22.9. The molecule has 0 aliphatic carbocycles. The summed E-state index contributed by atoms with van der Waals surface area (Å²) in [5, 5.41) is 14.8. The highest BCUT2D eigenvalue weighted by molar-refractivity contribution is 7.10. The number of likely N-dealkylation sites (tertiary alicyclic amines) is 1. The molecule has 8 heteroatoms. The average molecular weight is 494 g/mol. The Hall–Kier alpha value is -3.91. The smallest absolute Gasteiger partial charge is 0.416 e. The standard InChI is InChI=1S/C27H18F3NO3S/c28-27(29,30)20-8-3-5-16(13-20)15-31-23(21-9-4-12-35-21)22(25(33)26(31)34)24(32)19-11-10-17-6-1-2-7-18(17)14-19/h1-14,23,32H,15H2/b24-22-. The second-order valence-corrected chi connectivity index (χ2v) is 9.18. The first-order valence-corrected chi connectivity index (χ1v) is 11.6. The largest absolute Gasteiger partial charge is 0.507 e. The summed E-state index contributed by atoms with van der Waals surface area (Å²) in [5.74, 6) is -2.07. The highest BCUT2D eigenvalue weighted by Crippen LogP contribution is 2.42. The summed E-state index contributed by atoms with van der Waals surface area (Å²) in [7, 11) is 0. The number of carbonyl (C=O) groups is 2. The van der Waals surface area contributed by atoms with Crippen LogP contribution in [0.1, 0.15) is 27.6 Å². The molecule has 1 saturated heterocycles. The first-order chi connectivity index (χ1) is 16.7. The minimum atomic E-state index is -4.53. The minimum Gasteiger partial charge on any atom is -0.507 e. The summed E-state index contributed by atoms with van der Waals surface area (Å²) < 4.78 is 39.6. The second-order valence-electron chi connectivity index (χ2n) is 8.20. The van der Waals surface area contributed by atoms with Crippen molar-refractivity contribution in [2.45, 2.75) is 18.8 Å². The Bertz CT molecular complexity index is 1470. The van der Waals surface area contributed by atoms with Gasteiger partial charge < -0.3 is 10.0 Å². The highest BCUT2D eigenvalue weighted by atomic mass is 32.1. The van der Waals surface area contributed by atoms with Crippen LogP contribution in [0.2, 0.25) is 0 Å². The normalized spacial score (nSPS) is 17.9. The van der Waals surface area contributed by atoms with Crippen LogP contribution in [0.5, 0.6) is 0 Å². The van der Waals surface area contributed by atoms with E-state index < -0.39 is 29.5 Å². The van der Waals surface area contributed by atoms with E-state index >= 15 is 0 Å². The van der Waals surface area contributed by atoms with Gasteiger partial charge in [-0.1, -0.05) is 54.6 Å². The number of hydrogen-bond donors (Lipinski definition) is 1. The van der Waals surface area contributed by atoms with Crippen LogP contribution in [0.25, 0.3) is 16.5 Å². The van der Waals surface area contributed by atoms with Gasteiger partial charge in [-0.05, 0) is 46.0 Å². The zero-order valence-corrected chi connectivity index (χ0v) is 18.9. The number of aliphatic hydroxyl groups excluding tert-OH is 1. The fraction of sp³-hybridized carbons (Fsp3) is 0.111. The molecule has 3 aromatic carbocycles. The summed E-state index contributed by atoms with van der Waals surface area (Å²) in [6, 6.07) is 20.0. The van der Waals surface area contributed by atoms with Gasteiger partial charge >= 0.3 is 6.18 Å². The van der Waals surface area contributed by atoms with E-state index in [1.165, 1.54) is 28.4 Å². The zero-order chi connectivity index (χ0) is 24.7. The van der Waals surface area contributed by atoms with Gasteiger partial charge in [0.05, 0.1) is 17.2 Å². The van der Waals surface area contributed by atoms with E-state index in [4.69, 9.17) is 0 Å². The average Bonchev–Trinajstić information content (AvgIpc) is 3.46. The number of rotatable bonds is 4. The van der Waals surface area contributed by atoms with Crippen LogP contribution in [0.4, 0.5) is 13.2 Å². The summed E-state index contributed by atoms with van der Waals surface area (Å²) in [6.45, 7) is -0.217. The van der Waals surface area contributed by atoms with Gasteiger partial charge in [-0.3, -0.25) is 9.59 Å². The third-order valence-corrected chi connectivity index (χ3v) is 6.91. The maximum atomic E-state index is 13.2. The Balaban J connectivity index is 1.60. The number of amides is 1. The number of Topliss-reactive ketones (excluding diaryl/α,β-unsaturated/α-hetero) is 1. The molecule has 35 heavy (non-hydrogen) atoms. The molecule has 176 valence electrons. The third-order valence-electron chi connectivity index (χ3n) is 5.98. The third kappa shape index (κ3) is 4.21. The second kappa shape index (κ2) is 8.70. The van der Waals surface area contributed by atoms with Gasteiger partial charge in [0.1, 0.15) is 5.76 Å². The Kier molecular flexibility index (Phi) is 5.68. The Morgan fingerprint density at radius 3 is 2.40 bits per heavy atom. The number of thiophene rings is 1. The Morgan fingerprint density at radius 2 is 1.69 bits per heavy atom. The molecule has 0 saturated carbocycles. The number of halogens is 3. The molecular weight excluding hydrogens is 475 g/mol. The van der Waals surface area contributed by atoms with Crippen molar-refractivity contribution in [2.24, 2.45) is 0 Å². The number of fused-ring (bicyclic) bond motifs is 1. The van der Waals surface area contributed by atoms with Gasteiger partial charge in [-0.2, -0.15) is 13.2 Å². The maximum Gasteiger partial charge on any atom is 0.416 e. The fourth-order valence-corrected chi connectivity index (χ4v) is 5.17. The molecule has 0 bridgehead atoms. The highest BCUT2D eigenvalue weighted by Gasteiger charge is 2.46. The number of carbonyl (C=O) groups excluding carboxylic acids is 2. The Morgan fingerprint density at radius 1 is 0.914 bits per heavy atom. The van der Waals surface area contributed by atoms with Gasteiger partial charge in [0.15, 0.2) is 0 Å². The minimum absolute atomic E-state index is 0.0836. The SMILES string of the molecule is O=C1C(=O)N(Cc2cccc(C(F)(F)F)c2)C(c2cccs2)/C1=C(/O)c1ccc2ccccc2c1. The van der Waals surface area contributed by atoms with Crippen molar-refractivity contribution < 1.29 is 27.9 Å². The quantitative estimate of drug-likeness (QED) is 0.199. The van der Waals surface area contributed by atoms with Gasteiger partial charge in [0.2, 0.25) is 0 Å². The van der Waals surface area contributed by atoms with Crippen molar-refractivity contribution in [3.63, 3.8) is 0 Å². The molecule has 2 heterocycles. The van der Waals surface area contributed by atoms with Crippen LogP contribution < -0.4 is 0 Å². The van der Waals surface area contributed by atoms with Crippen molar-refractivity contribution in [1.29, 1.82) is 0 Å². The van der Waals surface area contributed by atoms with E-state index in [2.05, 4.69) is 0 Å². The van der Waals surface area contributed by atoms with Crippen molar-refractivity contribution in [1.82, 2.24) is 4.90 Å². The van der Waals surface area contributed by atoms with Crippen LogP contribution in [0.15, 0.2) is 89.8 Å². The number of benzene rings is 3. The Labute approximate surface area is 202 Å². The van der Waals surface area contributed by atoms with E-state index in [0.717, 1.165) is 22.9 Å². The maximum absolute atomic E-state index is 13.2. The first-order valence-electron chi connectivity index (χ1n) is 10.7. The zero-order valence-electron chi connectivity index (χ0n) is 18.1. The number of nitrogens with zero attached hydrogens (tertiary/aromatic N) is 1. The summed E-state index contributed by atoms with van der Waals surface area (Å²) in [4.78, 5) is 28.0. The van der Waals surface area contributed by atoms with Crippen LogP contribution >= 0.6 is 11.3 Å². The predicted octanol–water partition coefficient (Wildman–Crippen LogP) is 6.54. The molecule has 1 fully saturated rings. The molecule has 5 rings (SSSR count). The van der Waals surface area contributed by atoms with Crippen molar-refractivity contribution in [2.75, 3.05) is 0 Å². The molecule has 1 aliphatic heterocycles.